The summed E-state index contributed by atoms with van der Waals surface area (Å²) in [6.45, 7) is 6.20. The van der Waals surface area contributed by atoms with Crippen molar-refractivity contribution < 1.29 is 4.74 Å². The third-order valence-electron chi connectivity index (χ3n) is 8.34. The summed E-state index contributed by atoms with van der Waals surface area (Å²) in [5.41, 5.74) is 4.63. The number of unbranched alkanes of at least 4 members (excludes halogenated alkanes) is 1. The van der Waals surface area contributed by atoms with Crippen LogP contribution in [0.25, 0.3) is 33.7 Å². The van der Waals surface area contributed by atoms with Gasteiger partial charge in [-0.15, -0.1) is 10.2 Å². The zero-order valence-corrected chi connectivity index (χ0v) is 25.8. The molecule has 45 heavy (non-hydrogen) atoms. The van der Waals surface area contributed by atoms with Gasteiger partial charge < -0.3 is 9.30 Å². The summed E-state index contributed by atoms with van der Waals surface area (Å²) in [6.07, 6.45) is 1.91. The van der Waals surface area contributed by atoms with Crippen molar-refractivity contribution in [2.75, 3.05) is 7.11 Å². The van der Waals surface area contributed by atoms with E-state index in [0.717, 1.165) is 46.5 Å². The number of methoxy groups -OCH3 is 1. The molecule has 0 aliphatic rings. The minimum atomic E-state index is -0.629. The van der Waals surface area contributed by atoms with E-state index in [4.69, 9.17) is 9.72 Å². The van der Waals surface area contributed by atoms with Crippen LogP contribution in [0.3, 0.4) is 0 Å². The summed E-state index contributed by atoms with van der Waals surface area (Å²) in [4.78, 5) is 33.2. The van der Waals surface area contributed by atoms with Gasteiger partial charge in [-0.1, -0.05) is 92.2 Å². The number of benzene rings is 3. The smallest absolute Gasteiger partial charge is 0.335 e. The molecule has 11 nitrogen and oxygen atoms in total. The van der Waals surface area contributed by atoms with E-state index in [1.54, 1.807) is 14.0 Å². The SMILES string of the molecule is CCCCc1nc2c(c(=O)n(C(C)c3ccccc3)c(=O)n2C(C)OC)n1Cc1ccc(-c2ccccc2-c2nn[nH]n2)cc1. The largest absolute Gasteiger partial charge is 0.361 e. The fourth-order valence-corrected chi connectivity index (χ4v) is 5.80. The van der Waals surface area contributed by atoms with Gasteiger partial charge in [0.05, 0.1) is 6.04 Å². The highest BCUT2D eigenvalue weighted by molar-refractivity contribution is 5.80. The molecular weight excluding hydrogens is 568 g/mol. The molecule has 230 valence electrons. The van der Waals surface area contributed by atoms with Crippen LogP contribution in [0, 0.1) is 0 Å². The maximum Gasteiger partial charge on any atom is 0.335 e. The van der Waals surface area contributed by atoms with E-state index in [1.807, 2.05) is 66.1 Å². The molecule has 0 amide bonds. The molecule has 0 saturated carbocycles. The van der Waals surface area contributed by atoms with Crippen molar-refractivity contribution in [3.05, 3.63) is 117 Å². The van der Waals surface area contributed by atoms with Gasteiger partial charge in [0.15, 0.2) is 11.2 Å². The second-order valence-electron chi connectivity index (χ2n) is 11.1. The number of aryl methyl sites for hydroxylation is 1. The number of fused-ring (bicyclic) bond motifs is 1. The molecule has 3 aromatic carbocycles. The van der Waals surface area contributed by atoms with Gasteiger partial charge >= 0.3 is 5.69 Å². The van der Waals surface area contributed by atoms with E-state index in [9.17, 15) is 9.59 Å². The first-order chi connectivity index (χ1) is 21.9. The minimum Gasteiger partial charge on any atom is -0.361 e. The fraction of sp³-hybridized carbons (Fsp3) is 0.294. The number of tetrazole rings is 1. The molecule has 0 spiro atoms. The summed E-state index contributed by atoms with van der Waals surface area (Å²) in [5.74, 6) is 1.29. The van der Waals surface area contributed by atoms with Gasteiger partial charge in [-0.3, -0.25) is 9.36 Å². The van der Waals surface area contributed by atoms with Crippen molar-refractivity contribution in [2.45, 2.75) is 58.8 Å². The summed E-state index contributed by atoms with van der Waals surface area (Å²) < 4.78 is 10.4. The lowest BCUT2D eigenvalue weighted by Crippen LogP contribution is -2.43. The van der Waals surface area contributed by atoms with Crippen molar-refractivity contribution in [3.8, 4) is 22.5 Å². The number of aromatic nitrogens is 8. The van der Waals surface area contributed by atoms with Crippen LogP contribution in [-0.4, -0.2) is 46.4 Å². The van der Waals surface area contributed by atoms with E-state index in [1.165, 1.54) is 9.13 Å². The number of hydrogen-bond acceptors (Lipinski definition) is 7. The van der Waals surface area contributed by atoms with Crippen molar-refractivity contribution in [1.82, 2.24) is 39.3 Å². The molecule has 6 rings (SSSR count). The molecule has 3 aromatic heterocycles. The molecule has 6 aromatic rings. The lowest BCUT2D eigenvalue weighted by atomic mass is 9.98. The van der Waals surface area contributed by atoms with Gasteiger partial charge in [0, 0.05) is 25.6 Å². The Labute approximate surface area is 260 Å². The van der Waals surface area contributed by atoms with Crippen LogP contribution >= 0.6 is 0 Å². The second-order valence-corrected chi connectivity index (χ2v) is 11.1. The molecule has 3 heterocycles. The highest BCUT2D eigenvalue weighted by atomic mass is 16.5. The number of ether oxygens (including phenoxy) is 1. The van der Waals surface area contributed by atoms with Crippen LogP contribution in [-0.2, 0) is 17.7 Å². The maximum atomic E-state index is 14.3. The van der Waals surface area contributed by atoms with Crippen LogP contribution in [0.4, 0.5) is 0 Å². The average Bonchev–Trinajstić information content (AvgIpc) is 3.73. The van der Waals surface area contributed by atoms with Crippen LogP contribution < -0.4 is 11.2 Å². The van der Waals surface area contributed by atoms with E-state index in [2.05, 4.69) is 51.8 Å². The van der Waals surface area contributed by atoms with Crippen molar-refractivity contribution in [1.29, 1.82) is 0 Å². The first-order valence-corrected chi connectivity index (χ1v) is 15.2. The van der Waals surface area contributed by atoms with Crippen LogP contribution in [0.2, 0.25) is 0 Å². The Morgan fingerprint density at radius 2 is 1.60 bits per heavy atom. The third kappa shape index (κ3) is 5.62. The van der Waals surface area contributed by atoms with Crippen LogP contribution in [0.1, 0.15) is 62.8 Å². The zero-order chi connectivity index (χ0) is 31.5. The molecule has 2 atom stereocenters. The quantitative estimate of drug-likeness (QED) is 0.211. The van der Waals surface area contributed by atoms with E-state index < -0.39 is 18.0 Å². The molecule has 1 N–H and O–H groups in total. The zero-order valence-electron chi connectivity index (χ0n) is 25.8. The predicted molar refractivity (Wildman–Crippen MR) is 173 cm³/mol. The van der Waals surface area contributed by atoms with E-state index in [0.29, 0.717) is 30.0 Å². The molecule has 0 aliphatic heterocycles. The number of nitrogens with one attached hydrogen (secondary N) is 1. The van der Waals surface area contributed by atoms with Gasteiger partial charge in [0.2, 0.25) is 5.82 Å². The van der Waals surface area contributed by atoms with Gasteiger partial charge in [-0.2, -0.15) is 5.21 Å². The lowest BCUT2D eigenvalue weighted by Gasteiger charge is -2.20. The topological polar surface area (TPSA) is 126 Å². The Balaban J connectivity index is 1.49. The highest BCUT2D eigenvalue weighted by Crippen LogP contribution is 2.30. The maximum absolute atomic E-state index is 14.3. The molecule has 11 heteroatoms. The van der Waals surface area contributed by atoms with Crippen LogP contribution in [0.5, 0.6) is 0 Å². The second kappa shape index (κ2) is 12.8. The van der Waals surface area contributed by atoms with Gasteiger partial charge in [0.25, 0.3) is 5.56 Å². The number of H-pyrrole nitrogens is 1. The minimum absolute atomic E-state index is 0.340. The standard InChI is InChI=1S/C34H36N8O3/c1-5-6-16-29-35-32-30(33(43)41(34(44)42(32)23(3)45-4)22(2)25-12-8-7-9-13-25)40(29)21-24-17-19-26(20-18-24)27-14-10-11-15-28(27)31-36-38-39-37-31/h7-15,17-20,22-23H,5-6,16,21H2,1-4H3,(H,36,37,38,39). The molecule has 0 saturated heterocycles. The molecule has 2 unspecified atom stereocenters. The number of nitrogens with zero attached hydrogens (tertiary/aromatic N) is 7. The predicted octanol–water partition coefficient (Wildman–Crippen LogP) is 5.37. The molecular formula is C34H36N8O3. The molecule has 0 bridgehead atoms. The lowest BCUT2D eigenvalue weighted by molar-refractivity contribution is 0.0583. The van der Waals surface area contributed by atoms with Crippen molar-refractivity contribution >= 4 is 11.2 Å². The summed E-state index contributed by atoms with van der Waals surface area (Å²) >= 11 is 0. The first-order valence-electron chi connectivity index (χ1n) is 15.2. The molecule has 0 fully saturated rings. The third-order valence-corrected chi connectivity index (χ3v) is 8.34. The first kappa shape index (κ1) is 29.9. The monoisotopic (exact) mass is 604 g/mol. The summed E-state index contributed by atoms with van der Waals surface area (Å²) in [6, 6.07) is 25.2. The van der Waals surface area contributed by atoms with E-state index >= 15 is 0 Å². The number of hydrogen-bond donors (Lipinski definition) is 1. The summed E-state index contributed by atoms with van der Waals surface area (Å²) in [7, 11) is 1.55. The number of imidazole rings is 1. The van der Waals surface area contributed by atoms with Gasteiger partial charge in [-0.25, -0.2) is 14.3 Å². The van der Waals surface area contributed by atoms with Crippen LogP contribution in [0.15, 0.2) is 88.5 Å². The van der Waals surface area contributed by atoms with Crippen molar-refractivity contribution in [3.63, 3.8) is 0 Å². The Kier molecular flexibility index (Phi) is 8.52. The molecule has 0 radical (unpaired) electrons. The summed E-state index contributed by atoms with van der Waals surface area (Å²) in [5, 5.41) is 14.6. The Morgan fingerprint density at radius 1 is 0.889 bits per heavy atom. The number of aromatic amines is 1. The fourth-order valence-electron chi connectivity index (χ4n) is 5.80. The Morgan fingerprint density at radius 3 is 2.27 bits per heavy atom. The molecule has 0 aliphatic carbocycles. The Bertz CT molecular complexity index is 2030. The normalized spacial score (nSPS) is 12.9. The van der Waals surface area contributed by atoms with Gasteiger partial charge in [0.1, 0.15) is 12.1 Å². The van der Waals surface area contributed by atoms with Crippen molar-refractivity contribution in [2.24, 2.45) is 0 Å². The number of rotatable bonds is 11. The average molecular weight is 605 g/mol. The van der Waals surface area contributed by atoms with Gasteiger partial charge in [-0.05, 0) is 47.7 Å². The Hall–Kier alpha value is -5.16. The highest BCUT2D eigenvalue weighted by Gasteiger charge is 2.26. The van der Waals surface area contributed by atoms with E-state index in [-0.39, 0.29) is 5.56 Å².